The minimum atomic E-state index is -2.36. The smallest absolute Gasteiger partial charge is 0.354 e. The first-order chi connectivity index (χ1) is 7.82. The topological polar surface area (TPSA) is 43.4 Å². The molecular weight excluding hydrogens is 293 g/mol. The van der Waals surface area contributed by atoms with E-state index in [0.717, 1.165) is 6.92 Å². The molecule has 1 rings (SSSR count). The summed E-state index contributed by atoms with van der Waals surface area (Å²) in [4.78, 5) is 21.8. The van der Waals surface area contributed by atoms with Crippen molar-refractivity contribution in [1.82, 2.24) is 0 Å². The largest absolute Gasteiger partial charge is 0.421 e. The van der Waals surface area contributed by atoms with Crippen molar-refractivity contribution in [2.45, 2.75) is 13.1 Å². The summed E-state index contributed by atoms with van der Waals surface area (Å²) < 4.78 is 17.6. The zero-order valence-corrected chi connectivity index (χ0v) is 10.7. The molecule has 1 aromatic rings. The fraction of sp³-hybridized carbons (Fsp3) is 0.200. The molecule has 1 aromatic carbocycles. The predicted octanol–water partition coefficient (Wildman–Crippen LogP) is 3.48. The lowest BCUT2D eigenvalue weighted by Gasteiger charge is -2.09. The average Bonchev–Trinajstić information content (AvgIpc) is 2.21. The number of hydrogen-bond donors (Lipinski definition) is 0. The van der Waals surface area contributed by atoms with Crippen molar-refractivity contribution in [1.29, 1.82) is 0 Å². The predicted molar refractivity (Wildman–Crippen MR) is 62.7 cm³/mol. The quantitative estimate of drug-likeness (QED) is 0.487. The Labute approximate surface area is 111 Å². The maximum Gasteiger partial charge on any atom is 0.354 e. The molecule has 0 aliphatic carbocycles. The highest BCUT2D eigenvalue weighted by Gasteiger charge is 2.26. The molecule has 0 saturated carbocycles. The van der Waals surface area contributed by atoms with Crippen molar-refractivity contribution in [3.63, 3.8) is 0 Å². The second-order valence-corrected chi connectivity index (χ2v) is 4.34. The number of hydrogen-bond acceptors (Lipinski definition) is 3. The summed E-state index contributed by atoms with van der Waals surface area (Å²) in [6, 6.07) is 2.55. The van der Waals surface area contributed by atoms with Gasteiger partial charge in [-0.3, -0.25) is 4.79 Å². The first-order valence-electron chi connectivity index (χ1n) is 4.33. The summed E-state index contributed by atoms with van der Waals surface area (Å²) in [7, 11) is 0. The Balaban J connectivity index is 2.96. The first kappa shape index (κ1) is 14.2. The minimum Gasteiger partial charge on any atom is -0.421 e. The highest BCUT2D eigenvalue weighted by Crippen LogP contribution is 2.36. The van der Waals surface area contributed by atoms with Crippen LogP contribution in [0.1, 0.15) is 6.92 Å². The third-order valence-electron chi connectivity index (χ3n) is 1.73. The van der Waals surface area contributed by atoms with Crippen molar-refractivity contribution in [2.24, 2.45) is 0 Å². The molecule has 0 aliphatic rings. The average molecular weight is 300 g/mol. The molecule has 0 aliphatic heterocycles. The number of carbonyl (C=O) groups excluding carboxylic acids is 2. The molecule has 17 heavy (non-hydrogen) atoms. The van der Waals surface area contributed by atoms with Gasteiger partial charge < -0.3 is 4.74 Å². The first-order valence-corrected chi connectivity index (χ1v) is 5.47. The van der Waals surface area contributed by atoms with Crippen molar-refractivity contribution in [3.8, 4) is 5.75 Å². The van der Waals surface area contributed by atoms with E-state index in [1.165, 1.54) is 12.1 Å². The Kier molecular flexibility index (Phi) is 4.74. The van der Waals surface area contributed by atoms with Crippen LogP contribution < -0.4 is 4.74 Å². The number of carbonyl (C=O) groups is 2. The molecule has 0 N–H and O–H groups in total. The van der Waals surface area contributed by atoms with Gasteiger partial charge in [0.25, 0.3) is 6.17 Å². The molecule has 0 amide bonds. The van der Waals surface area contributed by atoms with Gasteiger partial charge in [0.2, 0.25) is 0 Å². The van der Waals surface area contributed by atoms with Gasteiger partial charge in [0, 0.05) is 5.02 Å². The molecule has 0 saturated heterocycles. The van der Waals surface area contributed by atoms with E-state index < -0.39 is 17.9 Å². The summed E-state index contributed by atoms with van der Waals surface area (Å²) in [6.07, 6.45) is -2.36. The van der Waals surface area contributed by atoms with Crippen LogP contribution in [0.3, 0.4) is 0 Å². The van der Waals surface area contributed by atoms with Crippen LogP contribution in [0.5, 0.6) is 5.75 Å². The number of ether oxygens (including phenoxy) is 1. The van der Waals surface area contributed by atoms with Gasteiger partial charge in [-0.05, 0) is 19.1 Å². The van der Waals surface area contributed by atoms with Gasteiger partial charge in [-0.25, -0.2) is 9.18 Å². The van der Waals surface area contributed by atoms with Crippen molar-refractivity contribution in [2.75, 3.05) is 0 Å². The van der Waals surface area contributed by atoms with Crippen LogP contribution in [0.25, 0.3) is 0 Å². The lowest BCUT2D eigenvalue weighted by atomic mass is 10.3. The molecular formula is C10H6Cl3FO3. The maximum atomic E-state index is 13.0. The van der Waals surface area contributed by atoms with E-state index in [1.807, 2.05) is 0 Å². The van der Waals surface area contributed by atoms with Gasteiger partial charge in [-0.15, -0.1) is 0 Å². The molecule has 0 radical (unpaired) electrons. The third-order valence-corrected chi connectivity index (χ3v) is 2.51. The van der Waals surface area contributed by atoms with Crippen LogP contribution in [0.4, 0.5) is 4.39 Å². The van der Waals surface area contributed by atoms with Gasteiger partial charge in [-0.1, -0.05) is 34.8 Å². The zero-order chi connectivity index (χ0) is 13.2. The fourth-order valence-electron chi connectivity index (χ4n) is 0.945. The third kappa shape index (κ3) is 3.56. The summed E-state index contributed by atoms with van der Waals surface area (Å²) in [5.41, 5.74) is 0. The number of Topliss-reactive ketones (excluding diaryl/α,β-unsaturated/α-hetero) is 1. The number of benzene rings is 1. The SMILES string of the molecule is CC(=O)C(F)C(=O)Oc1c(Cl)cc(Cl)cc1Cl. The summed E-state index contributed by atoms with van der Waals surface area (Å²) >= 11 is 17.1. The highest BCUT2D eigenvalue weighted by atomic mass is 35.5. The van der Waals surface area contributed by atoms with Crippen molar-refractivity contribution < 1.29 is 18.7 Å². The number of esters is 1. The van der Waals surface area contributed by atoms with E-state index >= 15 is 0 Å². The van der Waals surface area contributed by atoms with E-state index in [0.29, 0.717) is 0 Å². The molecule has 0 heterocycles. The Morgan fingerprint density at radius 1 is 1.24 bits per heavy atom. The molecule has 0 fully saturated rings. The number of ketones is 1. The summed E-state index contributed by atoms with van der Waals surface area (Å²) in [5.74, 6) is -2.56. The Morgan fingerprint density at radius 2 is 1.71 bits per heavy atom. The maximum absolute atomic E-state index is 13.0. The lowest BCUT2D eigenvalue weighted by Crippen LogP contribution is -2.28. The Morgan fingerprint density at radius 3 is 2.12 bits per heavy atom. The second kappa shape index (κ2) is 5.67. The van der Waals surface area contributed by atoms with E-state index in [9.17, 15) is 14.0 Å². The minimum absolute atomic E-state index is 0.0494. The monoisotopic (exact) mass is 298 g/mol. The molecule has 92 valence electrons. The molecule has 1 atom stereocenters. The number of rotatable bonds is 3. The van der Waals surface area contributed by atoms with E-state index in [4.69, 9.17) is 34.8 Å². The highest BCUT2D eigenvalue weighted by molar-refractivity contribution is 6.40. The second-order valence-electron chi connectivity index (χ2n) is 3.09. The zero-order valence-electron chi connectivity index (χ0n) is 8.47. The molecule has 7 heteroatoms. The van der Waals surface area contributed by atoms with E-state index in [1.54, 1.807) is 0 Å². The van der Waals surface area contributed by atoms with Crippen molar-refractivity contribution >= 4 is 46.6 Å². The van der Waals surface area contributed by atoms with Gasteiger partial charge in [-0.2, -0.15) is 0 Å². The molecule has 0 aromatic heterocycles. The number of alkyl halides is 1. The normalized spacial score (nSPS) is 12.1. The fourth-order valence-corrected chi connectivity index (χ4v) is 1.84. The molecule has 1 unspecified atom stereocenters. The lowest BCUT2D eigenvalue weighted by molar-refractivity contribution is -0.144. The van der Waals surface area contributed by atoms with Crippen LogP contribution in [-0.2, 0) is 9.59 Å². The van der Waals surface area contributed by atoms with Crippen LogP contribution in [-0.4, -0.2) is 17.9 Å². The van der Waals surface area contributed by atoms with Crippen LogP contribution >= 0.6 is 34.8 Å². The van der Waals surface area contributed by atoms with Gasteiger partial charge in [0.05, 0.1) is 10.0 Å². The Bertz CT molecular complexity index is 453. The van der Waals surface area contributed by atoms with Gasteiger partial charge in [0.1, 0.15) is 0 Å². The molecule has 0 bridgehead atoms. The van der Waals surface area contributed by atoms with E-state index in [2.05, 4.69) is 4.74 Å². The van der Waals surface area contributed by atoms with Gasteiger partial charge >= 0.3 is 5.97 Å². The van der Waals surface area contributed by atoms with E-state index in [-0.39, 0.29) is 20.8 Å². The molecule has 0 spiro atoms. The van der Waals surface area contributed by atoms with Crippen LogP contribution in [0, 0.1) is 0 Å². The van der Waals surface area contributed by atoms with Crippen molar-refractivity contribution in [3.05, 3.63) is 27.2 Å². The van der Waals surface area contributed by atoms with Gasteiger partial charge in [0.15, 0.2) is 11.5 Å². The summed E-state index contributed by atoms with van der Waals surface area (Å²) in [5, 5.41) is 0.140. The summed E-state index contributed by atoms with van der Waals surface area (Å²) in [6.45, 7) is 0.928. The standard InChI is InChI=1S/C10H6Cl3FO3/c1-4(15)8(14)10(16)17-9-6(12)2-5(11)3-7(9)13/h2-3,8H,1H3. The Hall–Kier alpha value is -0.840. The van der Waals surface area contributed by atoms with Crippen LogP contribution in [0.15, 0.2) is 12.1 Å². The van der Waals surface area contributed by atoms with Crippen LogP contribution in [0.2, 0.25) is 15.1 Å². The molecule has 3 nitrogen and oxygen atoms in total. The number of halogens is 4.